The average molecular weight is 1500 g/mol. The van der Waals surface area contributed by atoms with E-state index in [1.165, 1.54) is 347 Å². The molecule has 0 amide bonds. The van der Waals surface area contributed by atoms with Crippen molar-refractivity contribution < 1.29 is 49.5 Å². The molecule has 0 aromatic heterocycles. The molecule has 0 spiro atoms. The van der Waals surface area contributed by atoms with Gasteiger partial charge in [-0.3, -0.25) is 11.8 Å². The fourth-order valence-corrected chi connectivity index (χ4v) is 12.6. The van der Waals surface area contributed by atoms with Crippen molar-refractivity contribution in [2.24, 2.45) is 0 Å². The summed E-state index contributed by atoms with van der Waals surface area (Å²) in [7, 11) is 0. The van der Waals surface area contributed by atoms with Crippen LogP contribution < -0.4 is 28.4 Å². The summed E-state index contributed by atoms with van der Waals surface area (Å²) < 4.78 is 38.1. The Balaban J connectivity index is 0.00000184. The van der Waals surface area contributed by atoms with Crippen LogP contribution in [0.2, 0.25) is 0 Å². The molecule has 0 saturated heterocycles. The van der Waals surface area contributed by atoms with E-state index in [0.29, 0.717) is 73.8 Å². The molecule has 0 unspecified atom stereocenters. The number of benzene rings is 2. The van der Waals surface area contributed by atoms with Gasteiger partial charge in [-0.05, 0) is 38.5 Å². The van der Waals surface area contributed by atoms with E-state index < -0.39 is 0 Å². The third kappa shape index (κ3) is 58.5. The second-order valence-corrected chi connectivity index (χ2v) is 28.0. The SMILES string of the molecule is [C-]#Cc1cc(OCCCCCCCCCCCC)c(OCCCCCCCCCCCC)c(OCCCCCCCCCCCC)c1.[C-]#Cc1cc(OCCCCCCCCCCCC)c(OCCCCCCCCCCCC)c(OCCCCCCCCCCCC)c1.[Pt+2]. The Kier molecular flexibility index (Phi) is 72.9. The van der Waals surface area contributed by atoms with Gasteiger partial charge in [0, 0.05) is 0 Å². The van der Waals surface area contributed by atoms with Gasteiger partial charge in [0.15, 0.2) is 11.5 Å². The van der Waals surface area contributed by atoms with Gasteiger partial charge < -0.3 is 41.3 Å². The zero-order valence-electron chi connectivity index (χ0n) is 63.7. The van der Waals surface area contributed by atoms with Crippen LogP contribution in [-0.2, 0) is 21.1 Å². The summed E-state index contributed by atoms with van der Waals surface area (Å²) in [5, 5.41) is 0. The second-order valence-electron chi connectivity index (χ2n) is 28.0. The Hall–Kier alpha value is -2.95. The zero-order valence-corrected chi connectivity index (χ0v) is 66.0. The van der Waals surface area contributed by atoms with E-state index in [1.54, 1.807) is 0 Å². The van der Waals surface area contributed by atoms with Crippen molar-refractivity contribution in [1.82, 2.24) is 0 Å². The fraction of sp³-hybridized carbons (Fsp3) is 0.818. The summed E-state index contributed by atoms with van der Waals surface area (Å²) in [6.07, 6.45) is 94.1. The smallest absolute Gasteiger partial charge is 0.491 e. The molecule has 2 aromatic rings. The Morgan fingerprint density at radius 2 is 0.326 bits per heavy atom. The Bertz CT molecular complexity index is 1740. The van der Waals surface area contributed by atoms with Crippen molar-refractivity contribution in [3.63, 3.8) is 0 Å². The number of hydrogen-bond acceptors (Lipinski definition) is 6. The average Bonchev–Trinajstić information content (AvgIpc) is 0.859. The van der Waals surface area contributed by atoms with Crippen molar-refractivity contribution in [3.8, 4) is 46.3 Å². The van der Waals surface area contributed by atoms with Crippen LogP contribution >= 0.6 is 0 Å². The predicted molar refractivity (Wildman–Crippen MR) is 409 cm³/mol. The maximum atomic E-state index is 7.82. The van der Waals surface area contributed by atoms with Gasteiger partial charge in [0.2, 0.25) is 0 Å². The first-order valence-corrected chi connectivity index (χ1v) is 41.5. The van der Waals surface area contributed by atoms with Gasteiger partial charge in [-0.15, -0.1) is 11.1 Å². The topological polar surface area (TPSA) is 55.4 Å². The molecule has 0 N–H and O–H groups in total. The first kappa shape index (κ1) is 92.0. The molecule has 0 atom stereocenters. The van der Waals surface area contributed by atoms with Crippen LogP contribution in [0, 0.1) is 24.7 Å². The molecular formula is C88H154O6Pt. The van der Waals surface area contributed by atoms with Crippen molar-refractivity contribution in [1.29, 1.82) is 0 Å². The Morgan fingerprint density at radius 3 is 0.463 bits per heavy atom. The molecule has 0 aliphatic heterocycles. The molecule has 95 heavy (non-hydrogen) atoms. The van der Waals surface area contributed by atoms with Crippen molar-refractivity contribution >= 4 is 0 Å². The first-order valence-electron chi connectivity index (χ1n) is 41.5. The summed E-state index contributed by atoms with van der Waals surface area (Å²) in [6.45, 7) is 17.7. The molecule has 0 bridgehead atoms. The summed E-state index contributed by atoms with van der Waals surface area (Å²) >= 11 is 0. The standard InChI is InChI=1S/2C44H77O3.Pt/c2*1-5-9-12-15-18-21-24-27-30-33-36-45-42-39-41(8-4)40-43(46-37-34-31-28-25-22-19-16-13-10-6-2)44(42)47-38-35-32-29-26-23-20-17-14-11-7-3;/h2*39-40H,5-7,9-38H2,1-3H3;/q2*-1;+2. The zero-order chi connectivity index (χ0) is 67.8. The first-order chi connectivity index (χ1) is 46.5. The summed E-state index contributed by atoms with van der Waals surface area (Å²) in [4.78, 5) is 0. The summed E-state index contributed by atoms with van der Waals surface area (Å²) in [5.74, 6) is 9.42. The van der Waals surface area contributed by atoms with Gasteiger partial charge in [0.1, 0.15) is 23.0 Å². The molecule has 552 valence electrons. The maximum absolute atomic E-state index is 7.82. The van der Waals surface area contributed by atoms with Gasteiger partial charge in [0.05, 0.1) is 39.6 Å². The van der Waals surface area contributed by atoms with Crippen LogP contribution in [0.1, 0.15) is 438 Å². The molecule has 0 aliphatic carbocycles. The van der Waals surface area contributed by atoms with Crippen molar-refractivity contribution in [3.05, 3.63) is 48.2 Å². The van der Waals surface area contributed by atoms with Crippen LogP contribution in [0.4, 0.5) is 0 Å². The molecule has 0 saturated carbocycles. The summed E-state index contributed by atoms with van der Waals surface area (Å²) in [5.41, 5.74) is 1.37. The molecule has 0 aliphatic rings. The maximum Gasteiger partial charge on any atom is 2.00 e. The van der Waals surface area contributed by atoms with Crippen LogP contribution in [0.25, 0.3) is 0 Å². The minimum absolute atomic E-state index is 0. The number of rotatable bonds is 72. The third-order valence-electron chi connectivity index (χ3n) is 18.8. The van der Waals surface area contributed by atoms with E-state index in [9.17, 15) is 0 Å². The molecule has 6 nitrogen and oxygen atoms in total. The minimum atomic E-state index is 0. The van der Waals surface area contributed by atoms with Gasteiger partial charge in [-0.25, -0.2) is 0 Å². The molecule has 0 heterocycles. The number of unbranched alkanes of at least 4 members (excludes halogenated alkanes) is 54. The normalized spacial score (nSPS) is 11.0. The van der Waals surface area contributed by atoms with E-state index in [4.69, 9.17) is 41.3 Å². The molecule has 2 rings (SSSR count). The van der Waals surface area contributed by atoms with Crippen LogP contribution in [0.5, 0.6) is 34.5 Å². The summed E-state index contributed by atoms with van der Waals surface area (Å²) in [6, 6.07) is 7.63. The Morgan fingerprint density at radius 1 is 0.200 bits per heavy atom. The van der Waals surface area contributed by atoms with Gasteiger partial charge in [-0.2, -0.15) is 0 Å². The van der Waals surface area contributed by atoms with E-state index in [2.05, 4.69) is 53.4 Å². The van der Waals surface area contributed by atoms with E-state index in [-0.39, 0.29) is 21.1 Å². The molecule has 0 radical (unpaired) electrons. The third-order valence-corrected chi connectivity index (χ3v) is 18.8. The van der Waals surface area contributed by atoms with Crippen LogP contribution in [0.3, 0.4) is 0 Å². The van der Waals surface area contributed by atoms with Gasteiger partial charge in [-0.1, -0.05) is 413 Å². The molecule has 7 heteroatoms. The monoisotopic (exact) mass is 1500 g/mol. The minimum Gasteiger partial charge on any atom is -0.491 e. The Labute approximate surface area is 606 Å². The predicted octanol–water partition coefficient (Wildman–Crippen LogP) is 29.0. The molecule has 2 aromatic carbocycles. The van der Waals surface area contributed by atoms with Gasteiger partial charge >= 0.3 is 21.1 Å². The fourth-order valence-electron chi connectivity index (χ4n) is 12.6. The molecular weight excluding hydrogens is 1350 g/mol. The van der Waals surface area contributed by atoms with E-state index >= 15 is 0 Å². The van der Waals surface area contributed by atoms with Crippen LogP contribution in [0.15, 0.2) is 24.3 Å². The largest absolute Gasteiger partial charge is 2.00 e. The van der Waals surface area contributed by atoms with Crippen LogP contribution in [-0.4, -0.2) is 39.6 Å². The quantitative estimate of drug-likeness (QED) is 0.0374. The van der Waals surface area contributed by atoms with Crippen molar-refractivity contribution in [2.45, 2.75) is 427 Å². The number of hydrogen-bond donors (Lipinski definition) is 0. The van der Waals surface area contributed by atoms with E-state index in [1.807, 2.05) is 24.3 Å². The molecule has 0 fully saturated rings. The number of ether oxygens (including phenoxy) is 6. The van der Waals surface area contributed by atoms with Gasteiger partial charge in [0.25, 0.3) is 0 Å². The van der Waals surface area contributed by atoms with Crippen molar-refractivity contribution in [2.75, 3.05) is 39.6 Å². The second kappa shape index (κ2) is 75.3. The van der Waals surface area contributed by atoms with E-state index in [0.717, 1.165) is 50.0 Å².